The molecule has 0 spiro atoms. The summed E-state index contributed by atoms with van der Waals surface area (Å²) >= 11 is 3.43. The lowest BCUT2D eigenvalue weighted by atomic mass is 10.2. The van der Waals surface area contributed by atoms with Gasteiger partial charge in [-0.3, -0.25) is 4.79 Å². The fourth-order valence-electron chi connectivity index (χ4n) is 1.71. The first-order chi connectivity index (χ1) is 9.56. The highest BCUT2D eigenvalue weighted by Crippen LogP contribution is 2.26. The Morgan fingerprint density at radius 3 is 2.55 bits per heavy atom. The predicted molar refractivity (Wildman–Crippen MR) is 84.0 cm³/mol. The van der Waals surface area contributed by atoms with Crippen LogP contribution in [0.3, 0.4) is 0 Å². The lowest BCUT2D eigenvalue weighted by molar-refractivity contribution is -0.122. The third-order valence-electron chi connectivity index (χ3n) is 2.80. The van der Waals surface area contributed by atoms with Crippen LogP contribution in [0.4, 0.5) is 5.69 Å². The van der Waals surface area contributed by atoms with E-state index in [-0.39, 0.29) is 5.91 Å². The molecule has 0 aliphatic carbocycles. The number of nitrogens with one attached hydrogen (secondary N) is 1. The monoisotopic (exact) mass is 333 g/mol. The summed E-state index contributed by atoms with van der Waals surface area (Å²) in [5.74, 6) is 0.481. The van der Waals surface area contributed by atoms with Crippen LogP contribution in [0.5, 0.6) is 5.75 Å². The number of amides is 1. The molecule has 3 nitrogen and oxygen atoms in total. The van der Waals surface area contributed by atoms with E-state index in [0.717, 1.165) is 15.7 Å². The van der Waals surface area contributed by atoms with Crippen LogP contribution in [-0.4, -0.2) is 12.0 Å². The van der Waals surface area contributed by atoms with Gasteiger partial charge in [0.2, 0.25) is 0 Å². The van der Waals surface area contributed by atoms with Gasteiger partial charge in [-0.15, -0.1) is 0 Å². The number of anilines is 1. The van der Waals surface area contributed by atoms with Crippen molar-refractivity contribution in [2.24, 2.45) is 0 Å². The summed E-state index contributed by atoms with van der Waals surface area (Å²) < 4.78 is 6.52. The fourth-order valence-corrected chi connectivity index (χ4v) is 2.30. The Morgan fingerprint density at radius 1 is 1.20 bits per heavy atom. The number of rotatable bonds is 4. The molecule has 2 aromatic rings. The predicted octanol–water partition coefficient (Wildman–Crippen LogP) is 4.16. The molecule has 0 heterocycles. The molecular weight excluding hydrogens is 318 g/mol. The summed E-state index contributed by atoms with van der Waals surface area (Å²) in [4.78, 5) is 12.0. The highest BCUT2D eigenvalue weighted by atomic mass is 79.9. The average molecular weight is 334 g/mol. The average Bonchev–Trinajstić information content (AvgIpc) is 2.43. The first kappa shape index (κ1) is 14.6. The fraction of sp³-hybridized carbons (Fsp3) is 0.188. The molecule has 0 aliphatic heterocycles. The summed E-state index contributed by atoms with van der Waals surface area (Å²) in [5.41, 5.74) is 1.89. The molecule has 1 amide bonds. The maximum absolute atomic E-state index is 12.0. The van der Waals surface area contributed by atoms with Crippen LogP contribution in [0, 0.1) is 6.92 Å². The topological polar surface area (TPSA) is 38.3 Å². The van der Waals surface area contributed by atoms with Crippen molar-refractivity contribution < 1.29 is 9.53 Å². The summed E-state index contributed by atoms with van der Waals surface area (Å²) in [6, 6.07) is 15.1. The number of benzene rings is 2. The molecule has 0 fully saturated rings. The Bertz CT molecular complexity index is 599. The van der Waals surface area contributed by atoms with Gasteiger partial charge >= 0.3 is 0 Å². The summed E-state index contributed by atoms with van der Waals surface area (Å²) in [5, 5.41) is 2.81. The number of halogens is 1. The van der Waals surface area contributed by atoms with Gasteiger partial charge in [-0.25, -0.2) is 0 Å². The third-order valence-corrected chi connectivity index (χ3v) is 3.42. The number of hydrogen-bond acceptors (Lipinski definition) is 2. The van der Waals surface area contributed by atoms with E-state index >= 15 is 0 Å². The molecule has 1 atom stereocenters. The van der Waals surface area contributed by atoms with Crippen molar-refractivity contribution >= 4 is 27.5 Å². The van der Waals surface area contributed by atoms with Crippen molar-refractivity contribution in [3.63, 3.8) is 0 Å². The second-order valence-corrected chi connectivity index (χ2v) is 5.40. The summed E-state index contributed by atoms with van der Waals surface area (Å²) in [6.07, 6.45) is -0.575. The van der Waals surface area contributed by atoms with Crippen LogP contribution < -0.4 is 10.1 Å². The SMILES string of the molecule is Cc1ccc(O[C@@H](C)C(=O)Nc2ccccc2)c(Br)c1. The van der Waals surface area contributed by atoms with Crippen LogP contribution >= 0.6 is 15.9 Å². The second kappa shape index (κ2) is 6.57. The molecule has 0 unspecified atom stereocenters. The molecule has 104 valence electrons. The van der Waals surface area contributed by atoms with Crippen LogP contribution in [0.25, 0.3) is 0 Å². The maximum Gasteiger partial charge on any atom is 0.265 e. The molecule has 0 bridgehead atoms. The number of aryl methyl sites for hydroxylation is 1. The Morgan fingerprint density at radius 2 is 1.90 bits per heavy atom. The summed E-state index contributed by atoms with van der Waals surface area (Å²) in [6.45, 7) is 3.73. The molecule has 0 saturated carbocycles. The summed E-state index contributed by atoms with van der Waals surface area (Å²) in [7, 11) is 0. The smallest absolute Gasteiger partial charge is 0.265 e. The zero-order valence-electron chi connectivity index (χ0n) is 11.4. The van der Waals surface area contributed by atoms with E-state index < -0.39 is 6.10 Å². The standard InChI is InChI=1S/C16H16BrNO2/c1-11-8-9-15(14(17)10-11)20-12(2)16(19)18-13-6-4-3-5-7-13/h3-10,12H,1-2H3,(H,18,19)/t12-/m0/s1. The molecule has 2 rings (SSSR count). The van der Waals surface area contributed by atoms with Gasteiger partial charge in [-0.05, 0) is 59.6 Å². The second-order valence-electron chi connectivity index (χ2n) is 4.55. The van der Waals surface area contributed by atoms with Crippen molar-refractivity contribution in [2.75, 3.05) is 5.32 Å². The molecule has 20 heavy (non-hydrogen) atoms. The van der Waals surface area contributed by atoms with E-state index in [0.29, 0.717) is 5.75 Å². The Balaban J connectivity index is 2.00. The zero-order valence-corrected chi connectivity index (χ0v) is 13.0. The highest BCUT2D eigenvalue weighted by Gasteiger charge is 2.16. The lowest BCUT2D eigenvalue weighted by Gasteiger charge is -2.16. The first-order valence-corrected chi connectivity index (χ1v) is 7.14. The van der Waals surface area contributed by atoms with Gasteiger partial charge in [0.1, 0.15) is 5.75 Å². The van der Waals surface area contributed by atoms with Crippen LogP contribution in [0.1, 0.15) is 12.5 Å². The molecule has 0 aromatic heterocycles. The van der Waals surface area contributed by atoms with Gasteiger partial charge in [-0.1, -0.05) is 24.3 Å². The molecule has 0 aliphatic rings. The normalized spacial score (nSPS) is 11.8. The highest BCUT2D eigenvalue weighted by molar-refractivity contribution is 9.10. The van der Waals surface area contributed by atoms with E-state index in [4.69, 9.17) is 4.74 Å². The maximum atomic E-state index is 12.0. The van der Waals surface area contributed by atoms with Gasteiger partial charge < -0.3 is 10.1 Å². The Kier molecular flexibility index (Phi) is 4.79. The largest absolute Gasteiger partial charge is 0.480 e. The molecule has 4 heteroatoms. The molecular formula is C16H16BrNO2. The molecule has 2 aromatic carbocycles. The number of ether oxygens (including phenoxy) is 1. The van der Waals surface area contributed by atoms with Crippen LogP contribution in [0.15, 0.2) is 53.0 Å². The van der Waals surface area contributed by atoms with E-state index in [2.05, 4.69) is 21.2 Å². The van der Waals surface area contributed by atoms with Crippen molar-refractivity contribution in [2.45, 2.75) is 20.0 Å². The van der Waals surface area contributed by atoms with E-state index in [1.54, 1.807) is 6.92 Å². The number of hydrogen-bond donors (Lipinski definition) is 1. The van der Waals surface area contributed by atoms with E-state index in [1.807, 2.05) is 55.5 Å². The minimum atomic E-state index is -0.575. The third kappa shape index (κ3) is 3.84. The van der Waals surface area contributed by atoms with Crippen molar-refractivity contribution in [3.05, 3.63) is 58.6 Å². The Labute approximate surface area is 127 Å². The molecule has 0 saturated heterocycles. The van der Waals surface area contributed by atoms with Gasteiger partial charge in [0.05, 0.1) is 4.47 Å². The van der Waals surface area contributed by atoms with Crippen molar-refractivity contribution in [1.29, 1.82) is 0 Å². The van der Waals surface area contributed by atoms with Gasteiger partial charge in [-0.2, -0.15) is 0 Å². The first-order valence-electron chi connectivity index (χ1n) is 6.35. The zero-order chi connectivity index (χ0) is 14.5. The van der Waals surface area contributed by atoms with E-state index in [9.17, 15) is 4.79 Å². The number of carbonyl (C=O) groups excluding carboxylic acids is 1. The quantitative estimate of drug-likeness (QED) is 0.912. The van der Waals surface area contributed by atoms with E-state index in [1.165, 1.54) is 0 Å². The van der Waals surface area contributed by atoms with Gasteiger partial charge in [0, 0.05) is 5.69 Å². The molecule has 0 radical (unpaired) electrons. The van der Waals surface area contributed by atoms with Crippen LogP contribution in [-0.2, 0) is 4.79 Å². The molecule has 1 N–H and O–H groups in total. The van der Waals surface area contributed by atoms with Gasteiger partial charge in [0.15, 0.2) is 6.10 Å². The number of carbonyl (C=O) groups is 1. The van der Waals surface area contributed by atoms with Crippen LogP contribution in [0.2, 0.25) is 0 Å². The minimum Gasteiger partial charge on any atom is -0.480 e. The van der Waals surface area contributed by atoms with Gasteiger partial charge in [0.25, 0.3) is 5.91 Å². The lowest BCUT2D eigenvalue weighted by Crippen LogP contribution is -2.30. The van der Waals surface area contributed by atoms with Crippen molar-refractivity contribution in [1.82, 2.24) is 0 Å². The minimum absolute atomic E-state index is 0.177. The Hall–Kier alpha value is -1.81. The number of para-hydroxylation sites is 1. The van der Waals surface area contributed by atoms with Crippen molar-refractivity contribution in [3.8, 4) is 5.75 Å².